The number of nitrogens with zero attached hydrogens (tertiary/aromatic N) is 2. The van der Waals surface area contributed by atoms with Crippen LogP contribution in [0.1, 0.15) is 40.0 Å². The van der Waals surface area contributed by atoms with Crippen molar-refractivity contribution in [3.8, 4) is 5.75 Å². The number of methoxy groups -OCH3 is 1. The van der Waals surface area contributed by atoms with Crippen molar-refractivity contribution in [2.75, 3.05) is 25.1 Å². The minimum atomic E-state index is -0.692. The zero-order valence-electron chi connectivity index (χ0n) is 13.4. The third kappa shape index (κ3) is 1.99. The highest BCUT2D eigenvalue weighted by molar-refractivity contribution is 6.27. The summed E-state index contributed by atoms with van der Waals surface area (Å²) in [6.07, 6.45) is 3.24. The minimum Gasteiger partial charge on any atom is -0.495 e. The van der Waals surface area contributed by atoms with Gasteiger partial charge in [0, 0.05) is 18.5 Å². The summed E-state index contributed by atoms with van der Waals surface area (Å²) in [7, 11) is 1.57. The van der Waals surface area contributed by atoms with Crippen LogP contribution in [-0.4, -0.2) is 42.3 Å². The molecule has 1 N–H and O–H groups in total. The Morgan fingerprint density at radius 1 is 1.08 bits per heavy atom. The zero-order chi connectivity index (χ0) is 16.8. The Balaban J connectivity index is 2.08. The number of piperidine rings is 1. The molecule has 0 spiro atoms. The first-order valence-electron chi connectivity index (χ1n) is 8.10. The van der Waals surface area contributed by atoms with Crippen molar-refractivity contribution in [2.24, 2.45) is 0 Å². The van der Waals surface area contributed by atoms with Gasteiger partial charge >= 0.3 is 0 Å². The Kier molecular flexibility index (Phi) is 3.42. The lowest BCUT2D eigenvalue weighted by Crippen LogP contribution is -2.40. The molecule has 2 aliphatic heterocycles. The maximum absolute atomic E-state index is 12.7. The van der Waals surface area contributed by atoms with Gasteiger partial charge in [0.15, 0.2) is 0 Å². The van der Waals surface area contributed by atoms with Crippen LogP contribution in [0, 0.1) is 0 Å². The van der Waals surface area contributed by atoms with Gasteiger partial charge in [-0.25, -0.2) is 0 Å². The molecule has 124 valence electrons. The molecule has 0 aliphatic carbocycles. The molecule has 0 unspecified atom stereocenters. The van der Waals surface area contributed by atoms with E-state index in [1.54, 1.807) is 19.2 Å². The van der Waals surface area contributed by atoms with Crippen LogP contribution in [0.4, 0.5) is 5.69 Å². The molecule has 2 heterocycles. The van der Waals surface area contributed by atoms with E-state index in [9.17, 15) is 14.8 Å². The molecular weight excluding hydrogens is 308 g/mol. The normalized spacial score (nSPS) is 17.6. The van der Waals surface area contributed by atoms with E-state index in [-0.39, 0.29) is 5.06 Å². The van der Waals surface area contributed by atoms with Crippen molar-refractivity contribution < 1.29 is 19.5 Å². The monoisotopic (exact) mass is 326 g/mol. The van der Waals surface area contributed by atoms with E-state index >= 15 is 0 Å². The zero-order valence-corrected chi connectivity index (χ0v) is 13.4. The highest BCUT2D eigenvalue weighted by atomic mass is 16.5. The van der Waals surface area contributed by atoms with Gasteiger partial charge in [-0.2, -0.15) is 0 Å². The van der Waals surface area contributed by atoms with E-state index in [1.807, 2.05) is 12.1 Å². The molecule has 2 aliphatic rings. The standard InChI is InChI=1S/C18H18N2O4/c1-24-13-10-11-6-5-7-12-14(11)15(18(22)20(23)17(12)21)16(13)19-8-3-2-4-9-19/h5-7,10,23H,2-4,8-9H2,1H3. The van der Waals surface area contributed by atoms with E-state index in [4.69, 9.17) is 4.74 Å². The lowest BCUT2D eigenvalue weighted by Gasteiger charge is -2.34. The highest BCUT2D eigenvalue weighted by Crippen LogP contribution is 2.43. The van der Waals surface area contributed by atoms with E-state index in [1.165, 1.54) is 0 Å². The molecule has 6 heteroatoms. The number of benzene rings is 2. The molecule has 2 aromatic rings. The fraction of sp³-hybridized carbons (Fsp3) is 0.333. The Labute approximate surface area is 139 Å². The summed E-state index contributed by atoms with van der Waals surface area (Å²) in [5, 5.41) is 11.6. The predicted molar refractivity (Wildman–Crippen MR) is 88.9 cm³/mol. The molecule has 1 saturated heterocycles. The first kappa shape index (κ1) is 15.0. The summed E-state index contributed by atoms with van der Waals surface area (Å²) in [4.78, 5) is 27.1. The number of anilines is 1. The lowest BCUT2D eigenvalue weighted by atomic mass is 9.92. The summed E-state index contributed by atoms with van der Waals surface area (Å²) in [6.45, 7) is 1.65. The van der Waals surface area contributed by atoms with Crippen LogP contribution < -0.4 is 9.64 Å². The first-order valence-corrected chi connectivity index (χ1v) is 8.10. The van der Waals surface area contributed by atoms with Crippen molar-refractivity contribution in [3.63, 3.8) is 0 Å². The average molecular weight is 326 g/mol. The van der Waals surface area contributed by atoms with Crippen LogP contribution in [0.25, 0.3) is 10.8 Å². The second-order valence-corrected chi connectivity index (χ2v) is 6.18. The van der Waals surface area contributed by atoms with Crippen LogP contribution >= 0.6 is 0 Å². The number of hydrogen-bond acceptors (Lipinski definition) is 5. The van der Waals surface area contributed by atoms with Crippen molar-refractivity contribution >= 4 is 28.3 Å². The van der Waals surface area contributed by atoms with Gasteiger partial charge in [0.05, 0.1) is 23.9 Å². The summed E-state index contributed by atoms with van der Waals surface area (Å²) in [6, 6.07) is 7.08. The molecule has 0 aromatic heterocycles. The molecule has 1 fully saturated rings. The predicted octanol–water partition coefficient (Wildman–Crippen LogP) is 2.82. The van der Waals surface area contributed by atoms with E-state index in [0.29, 0.717) is 28.0 Å². The molecular formula is C18H18N2O4. The van der Waals surface area contributed by atoms with Crippen LogP contribution in [0.5, 0.6) is 5.75 Å². The minimum absolute atomic E-state index is 0.212. The highest BCUT2D eigenvalue weighted by Gasteiger charge is 2.37. The Morgan fingerprint density at radius 3 is 2.54 bits per heavy atom. The van der Waals surface area contributed by atoms with Gasteiger partial charge in [0.2, 0.25) is 0 Å². The maximum atomic E-state index is 12.7. The Hall–Kier alpha value is -2.60. The number of carbonyl (C=O) groups is 2. The average Bonchev–Trinajstić information content (AvgIpc) is 2.63. The van der Waals surface area contributed by atoms with Gasteiger partial charge in [-0.3, -0.25) is 14.8 Å². The van der Waals surface area contributed by atoms with E-state index in [0.717, 1.165) is 37.7 Å². The van der Waals surface area contributed by atoms with Crippen molar-refractivity contribution in [2.45, 2.75) is 19.3 Å². The molecule has 2 amide bonds. The van der Waals surface area contributed by atoms with Crippen molar-refractivity contribution in [1.82, 2.24) is 5.06 Å². The third-order valence-electron chi connectivity index (χ3n) is 4.82. The summed E-state index contributed by atoms with van der Waals surface area (Å²) < 4.78 is 5.54. The third-order valence-corrected chi connectivity index (χ3v) is 4.82. The number of hydroxylamine groups is 2. The number of amides is 2. The summed E-state index contributed by atoms with van der Waals surface area (Å²) in [5.74, 6) is -0.788. The molecule has 4 rings (SSSR count). The van der Waals surface area contributed by atoms with Gasteiger partial charge < -0.3 is 9.64 Å². The van der Waals surface area contributed by atoms with Crippen molar-refractivity contribution in [3.05, 3.63) is 35.4 Å². The molecule has 24 heavy (non-hydrogen) atoms. The van der Waals surface area contributed by atoms with Gasteiger partial charge in [-0.15, -0.1) is 5.06 Å². The second-order valence-electron chi connectivity index (χ2n) is 6.18. The van der Waals surface area contributed by atoms with Crippen LogP contribution in [0.15, 0.2) is 24.3 Å². The van der Waals surface area contributed by atoms with Crippen molar-refractivity contribution in [1.29, 1.82) is 0 Å². The largest absolute Gasteiger partial charge is 0.495 e. The van der Waals surface area contributed by atoms with Gasteiger partial charge in [0.1, 0.15) is 5.75 Å². The molecule has 2 aromatic carbocycles. The van der Waals surface area contributed by atoms with E-state index in [2.05, 4.69) is 4.90 Å². The molecule has 6 nitrogen and oxygen atoms in total. The van der Waals surface area contributed by atoms with Crippen LogP contribution in [0.2, 0.25) is 0 Å². The topological polar surface area (TPSA) is 70.1 Å². The second kappa shape index (κ2) is 5.49. The quantitative estimate of drug-likeness (QED) is 0.679. The number of hydrogen-bond donors (Lipinski definition) is 1. The van der Waals surface area contributed by atoms with Gasteiger partial charge in [0.25, 0.3) is 11.8 Å². The number of ether oxygens (including phenoxy) is 1. The smallest absolute Gasteiger partial charge is 0.287 e. The lowest BCUT2D eigenvalue weighted by molar-refractivity contribution is -0.0377. The first-order chi connectivity index (χ1) is 11.6. The van der Waals surface area contributed by atoms with Crippen LogP contribution in [0.3, 0.4) is 0 Å². The van der Waals surface area contributed by atoms with Gasteiger partial charge in [-0.1, -0.05) is 12.1 Å². The Morgan fingerprint density at radius 2 is 1.83 bits per heavy atom. The fourth-order valence-electron chi connectivity index (χ4n) is 3.71. The SMILES string of the molecule is COc1cc2cccc3c2c(c1N1CCCCC1)C(=O)N(O)C3=O. The summed E-state index contributed by atoms with van der Waals surface area (Å²) in [5.41, 5.74) is 1.36. The molecule has 0 radical (unpaired) electrons. The van der Waals surface area contributed by atoms with Gasteiger partial charge in [-0.05, 0) is 36.8 Å². The molecule has 0 bridgehead atoms. The summed E-state index contributed by atoms with van der Waals surface area (Å²) >= 11 is 0. The number of rotatable bonds is 2. The number of carbonyl (C=O) groups excluding carboxylic acids is 2. The molecule has 0 saturated carbocycles. The Bertz CT molecular complexity index is 856. The molecule has 0 atom stereocenters. The number of imide groups is 1. The van der Waals surface area contributed by atoms with Crippen LogP contribution in [-0.2, 0) is 0 Å². The fourth-order valence-corrected chi connectivity index (χ4v) is 3.71. The van der Waals surface area contributed by atoms with E-state index < -0.39 is 11.8 Å². The maximum Gasteiger partial charge on any atom is 0.287 e.